The largest absolute Gasteiger partial charge is 0.459 e. The van der Waals surface area contributed by atoms with Crippen LogP contribution < -0.4 is 0 Å². The van der Waals surface area contributed by atoms with Gasteiger partial charge in [0.25, 0.3) is 0 Å². The maximum absolute atomic E-state index is 10.4. The van der Waals surface area contributed by atoms with Crippen LogP contribution >= 0.6 is 0 Å². The number of allylic oxidation sites excluding steroid dienone is 1. The zero-order valence-corrected chi connectivity index (χ0v) is 6.50. The molecule has 0 aromatic heterocycles. The molecule has 0 aliphatic carbocycles. The summed E-state index contributed by atoms with van der Waals surface area (Å²) in [6.07, 6.45) is 2.23. The highest BCUT2D eigenvalue weighted by molar-refractivity contribution is 5.88. The van der Waals surface area contributed by atoms with Crippen molar-refractivity contribution < 1.29 is 14.6 Å². The van der Waals surface area contributed by atoms with Gasteiger partial charge in [0.05, 0.1) is 7.11 Å². The lowest BCUT2D eigenvalue weighted by Crippen LogP contribution is -2.00. The Bertz CT molecular complexity index is 207. The van der Waals surface area contributed by atoms with E-state index in [9.17, 15) is 4.79 Å². The summed E-state index contributed by atoms with van der Waals surface area (Å²) in [4.78, 5) is 10.4. The first-order valence-corrected chi connectivity index (χ1v) is 3.11. The maximum atomic E-state index is 10.4. The van der Waals surface area contributed by atoms with E-state index in [1.54, 1.807) is 13.0 Å². The highest BCUT2D eigenvalue weighted by Crippen LogP contribution is 1.82. The van der Waals surface area contributed by atoms with Crippen molar-refractivity contribution in [3.63, 3.8) is 0 Å². The average molecular weight is 154 g/mol. The minimum Gasteiger partial charge on any atom is -0.459 e. The van der Waals surface area contributed by atoms with Gasteiger partial charge in [-0.1, -0.05) is 12.0 Å². The SMILES string of the molecule is C/C=C/[C@H](O)C#CC(=O)OC. The van der Waals surface area contributed by atoms with Gasteiger partial charge in [0.15, 0.2) is 0 Å². The number of esters is 1. The Morgan fingerprint density at radius 2 is 2.36 bits per heavy atom. The number of aliphatic hydroxyl groups is 1. The van der Waals surface area contributed by atoms with Crippen LogP contribution in [0, 0.1) is 11.8 Å². The molecule has 0 spiro atoms. The molecular weight excluding hydrogens is 144 g/mol. The molecule has 0 fully saturated rings. The second-order valence-electron chi connectivity index (χ2n) is 1.73. The molecule has 0 aromatic carbocycles. The third-order valence-electron chi connectivity index (χ3n) is 0.882. The number of carbonyl (C=O) groups excluding carboxylic acids is 1. The normalized spacial score (nSPS) is 11.9. The van der Waals surface area contributed by atoms with E-state index in [1.807, 2.05) is 0 Å². The van der Waals surface area contributed by atoms with Gasteiger partial charge in [-0.05, 0) is 13.0 Å². The molecule has 60 valence electrons. The molecule has 1 atom stereocenters. The smallest absolute Gasteiger partial charge is 0.384 e. The van der Waals surface area contributed by atoms with Gasteiger partial charge in [-0.3, -0.25) is 0 Å². The van der Waals surface area contributed by atoms with Gasteiger partial charge < -0.3 is 9.84 Å². The standard InChI is InChI=1S/C8H10O3/c1-3-4-7(9)5-6-8(10)11-2/h3-4,7,9H,1-2H3/b4-3+/t7-/m0/s1. The quantitative estimate of drug-likeness (QED) is 0.252. The molecular formula is C8H10O3. The minimum absolute atomic E-state index is 0.645. The fraction of sp³-hybridized carbons (Fsp3) is 0.375. The van der Waals surface area contributed by atoms with Crippen molar-refractivity contribution in [2.75, 3.05) is 7.11 Å². The van der Waals surface area contributed by atoms with Crippen LogP contribution in [0.15, 0.2) is 12.2 Å². The Balaban J connectivity index is 3.96. The van der Waals surface area contributed by atoms with Crippen molar-refractivity contribution in [1.29, 1.82) is 0 Å². The highest BCUT2D eigenvalue weighted by Gasteiger charge is 1.92. The Morgan fingerprint density at radius 1 is 1.73 bits per heavy atom. The van der Waals surface area contributed by atoms with Gasteiger partial charge >= 0.3 is 5.97 Å². The van der Waals surface area contributed by atoms with E-state index in [2.05, 4.69) is 16.6 Å². The van der Waals surface area contributed by atoms with Gasteiger partial charge in [0, 0.05) is 5.92 Å². The molecule has 11 heavy (non-hydrogen) atoms. The van der Waals surface area contributed by atoms with Crippen molar-refractivity contribution >= 4 is 5.97 Å². The van der Waals surface area contributed by atoms with Gasteiger partial charge in [-0.2, -0.15) is 0 Å². The average Bonchev–Trinajstić information content (AvgIpc) is 2.01. The summed E-state index contributed by atoms with van der Waals surface area (Å²) >= 11 is 0. The third kappa shape index (κ3) is 5.19. The van der Waals surface area contributed by atoms with Gasteiger partial charge in [0.1, 0.15) is 6.10 Å². The Morgan fingerprint density at radius 3 is 2.82 bits per heavy atom. The van der Waals surface area contributed by atoms with Crippen LogP contribution in [-0.4, -0.2) is 24.3 Å². The van der Waals surface area contributed by atoms with Crippen LogP contribution in [0.3, 0.4) is 0 Å². The van der Waals surface area contributed by atoms with Crippen molar-refractivity contribution in [1.82, 2.24) is 0 Å². The fourth-order valence-corrected chi connectivity index (χ4v) is 0.414. The lowest BCUT2D eigenvalue weighted by molar-refractivity contribution is -0.133. The van der Waals surface area contributed by atoms with Crippen LogP contribution in [0.5, 0.6) is 0 Å². The topological polar surface area (TPSA) is 46.5 Å². The molecule has 0 aromatic rings. The van der Waals surface area contributed by atoms with E-state index in [-0.39, 0.29) is 0 Å². The van der Waals surface area contributed by atoms with E-state index >= 15 is 0 Å². The number of methoxy groups -OCH3 is 1. The van der Waals surface area contributed by atoms with Crippen LogP contribution in [0.1, 0.15) is 6.92 Å². The van der Waals surface area contributed by atoms with Crippen LogP contribution in [0.4, 0.5) is 0 Å². The zero-order chi connectivity index (χ0) is 8.69. The minimum atomic E-state index is -0.890. The lowest BCUT2D eigenvalue weighted by atomic mass is 10.3. The Hall–Kier alpha value is -1.27. The summed E-state index contributed by atoms with van der Waals surface area (Å²) in [5.74, 6) is 3.74. The second kappa shape index (κ2) is 5.51. The molecule has 0 heterocycles. The molecule has 0 aliphatic rings. The van der Waals surface area contributed by atoms with Crippen LogP contribution in [0.2, 0.25) is 0 Å². The Labute approximate surface area is 65.7 Å². The molecule has 0 bridgehead atoms. The molecule has 0 saturated heterocycles. The number of ether oxygens (including phenoxy) is 1. The molecule has 0 rings (SSSR count). The van der Waals surface area contributed by atoms with Crippen molar-refractivity contribution in [2.24, 2.45) is 0 Å². The second-order valence-corrected chi connectivity index (χ2v) is 1.73. The van der Waals surface area contributed by atoms with Gasteiger partial charge in [-0.15, -0.1) is 0 Å². The van der Waals surface area contributed by atoms with Gasteiger partial charge in [0.2, 0.25) is 0 Å². The van der Waals surface area contributed by atoms with Crippen LogP contribution in [0.25, 0.3) is 0 Å². The predicted molar refractivity (Wildman–Crippen MR) is 40.6 cm³/mol. The maximum Gasteiger partial charge on any atom is 0.384 e. The first-order chi connectivity index (χ1) is 5.20. The number of hydrogen-bond donors (Lipinski definition) is 1. The van der Waals surface area contributed by atoms with Crippen molar-refractivity contribution in [3.8, 4) is 11.8 Å². The molecule has 0 unspecified atom stereocenters. The summed E-state index contributed by atoms with van der Waals surface area (Å²) in [7, 11) is 1.24. The summed E-state index contributed by atoms with van der Waals surface area (Å²) < 4.78 is 4.23. The van der Waals surface area contributed by atoms with Crippen molar-refractivity contribution in [2.45, 2.75) is 13.0 Å². The fourth-order valence-electron chi connectivity index (χ4n) is 0.414. The molecule has 0 saturated carbocycles. The summed E-state index contributed by atoms with van der Waals surface area (Å²) in [5, 5.41) is 8.93. The van der Waals surface area contributed by atoms with Crippen molar-refractivity contribution in [3.05, 3.63) is 12.2 Å². The first kappa shape index (κ1) is 9.73. The van der Waals surface area contributed by atoms with E-state index in [0.29, 0.717) is 0 Å². The summed E-state index contributed by atoms with van der Waals surface area (Å²) in [6, 6.07) is 0. The first-order valence-electron chi connectivity index (χ1n) is 3.11. The molecule has 3 heteroatoms. The monoisotopic (exact) mass is 154 g/mol. The number of rotatable bonds is 1. The third-order valence-corrected chi connectivity index (χ3v) is 0.882. The number of hydrogen-bond acceptors (Lipinski definition) is 3. The highest BCUT2D eigenvalue weighted by atomic mass is 16.5. The number of carbonyl (C=O) groups is 1. The van der Waals surface area contributed by atoms with E-state index in [1.165, 1.54) is 13.2 Å². The summed E-state index contributed by atoms with van der Waals surface area (Å²) in [6.45, 7) is 1.75. The van der Waals surface area contributed by atoms with E-state index in [4.69, 9.17) is 5.11 Å². The van der Waals surface area contributed by atoms with E-state index < -0.39 is 12.1 Å². The molecule has 0 aliphatic heterocycles. The lowest BCUT2D eigenvalue weighted by Gasteiger charge is -1.90. The molecule has 0 amide bonds. The number of aliphatic hydroxyl groups excluding tert-OH is 1. The van der Waals surface area contributed by atoms with Crippen LogP contribution in [-0.2, 0) is 9.53 Å². The zero-order valence-electron chi connectivity index (χ0n) is 6.50. The molecule has 1 N–H and O–H groups in total. The Kier molecular flexibility index (Phi) is 4.87. The van der Waals surface area contributed by atoms with Gasteiger partial charge in [-0.25, -0.2) is 4.79 Å². The molecule has 0 radical (unpaired) electrons. The predicted octanol–water partition coefficient (Wildman–Crippen LogP) is 0.0998. The van der Waals surface area contributed by atoms with E-state index in [0.717, 1.165) is 0 Å². The summed E-state index contributed by atoms with van der Waals surface area (Å²) in [5.41, 5.74) is 0. The molecule has 3 nitrogen and oxygen atoms in total.